The molecule has 0 unspecified atom stereocenters. The van der Waals surface area contributed by atoms with E-state index < -0.39 is 15.9 Å². The van der Waals surface area contributed by atoms with Gasteiger partial charge in [-0.25, -0.2) is 8.42 Å². The summed E-state index contributed by atoms with van der Waals surface area (Å²) in [7, 11) is -3.95. The molecule has 0 saturated heterocycles. The fourth-order valence-electron chi connectivity index (χ4n) is 3.87. The minimum Gasteiger partial charge on any atom is -0.491 e. The topological polar surface area (TPSA) is 75.7 Å². The van der Waals surface area contributed by atoms with Gasteiger partial charge in [-0.15, -0.1) is 0 Å². The summed E-state index contributed by atoms with van der Waals surface area (Å²) in [6.07, 6.45) is 0. The number of nitrogens with one attached hydrogen (secondary N) is 1. The standard InChI is InChI=1S/C28H28N2O4S/c1-21-15-16-22(2)26(19-21)30(35(32,33)24-11-4-3-5-12-24)20-28(31)29-17-18-34-27-14-8-10-23-9-6-7-13-25(23)27/h3-16,19H,17-18,20H2,1-2H3,(H,29,31). The highest BCUT2D eigenvalue weighted by Crippen LogP contribution is 2.28. The molecule has 0 spiro atoms. The van der Waals surface area contributed by atoms with Gasteiger partial charge in [-0.2, -0.15) is 0 Å². The van der Waals surface area contributed by atoms with Crippen LogP contribution in [-0.2, 0) is 14.8 Å². The van der Waals surface area contributed by atoms with Gasteiger partial charge < -0.3 is 10.1 Å². The van der Waals surface area contributed by atoms with Gasteiger partial charge >= 0.3 is 0 Å². The number of amides is 1. The summed E-state index contributed by atoms with van der Waals surface area (Å²) in [5, 5.41) is 4.86. The quantitative estimate of drug-likeness (QED) is 0.342. The summed E-state index contributed by atoms with van der Waals surface area (Å²) in [5.41, 5.74) is 2.15. The maximum absolute atomic E-state index is 13.5. The van der Waals surface area contributed by atoms with E-state index in [4.69, 9.17) is 4.74 Å². The van der Waals surface area contributed by atoms with Crippen molar-refractivity contribution >= 4 is 32.4 Å². The molecule has 0 saturated carbocycles. The third-order valence-electron chi connectivity index (χ3n) is 5.68. The van der Waals surface area contributed by atoms with Crippen molar-refractivity contribution < 1.29 is 17.9 Å². The fourth-order valence-corrected chi connectivity index (χ4v) is 5.37. The molecule has 1 amide bonds. The van der Waals surface area contributed by atoms with E-state index in [1.54, 1.807) is 24.3 Å². The third kappa shape index (κ3) is 5.63. The van der Waals surface area contributed by atoms with Crippen molar-refractivity contribution in [3.05, 3.63) is 102 Å². The van der Waals surface area contributed by atoms with E-state index in [0.29, 0.717) is 5.69 Å². The molecule has 35 heavy (non-hydrogen) atoms. The van der Waals surface area contributed by atoms with Gasteiger partial charge in [-0.05, 0) is 54.6 Å². The van der Waals surface area contributed by atoms with Gasteiger partial charge in [0.25, 0.3) is 10.0 Å². The average molecular weight is 489 g/mol. The number of ether oxygens (including phenoxy) is 1. The summed E-state index contributed by atoms with van der Waals surface area (Å²) in [6, 6.07) is 27.4. The molecule has 0 atom stereocenters. The molecule has 0 aliphatic rings. The van der Waals surface area contributed by atoms with Gasteiger partial charge in [0.1, 0.15) is 18.9 Å². The van der Waals surface area contributed by atoms with Gasteiger partial charge in [0.2, 0.25) is 5.91 Å². The van der Waals surface area contributed by atoms with Crippen LogP contribution in [0.25, 0.3) is 10.8 Å². The molecule has 1 N–H and O–H groups in total. The van der Waals surface area contributed by atoms with Crippen LogP contribution in [0.15, 0.2) is 95.9 Å². The predicted molar refractivity (Wildman–Crippen MR) is 139 cm³/mol. The summed E-state index contributed by atoms with van der Waals surface area (Å²) >= 11 is 0. The van der Waals surface area contributed by atoms with Crippen LogP contribution in [0.1, 0.15) is 11.1 Å². The number of hydrogen-bond donors (Lipinski definition) is 1. The normalized spacial score (nSPS) is 11.3. The lowest BCUT2D eigenvalue weighted by Gasteiger charge is -2.26. The summed E-state index contributed by atoms with van der Waals surface area (Å²) in [5.74, 6) is 0.327. The molecule has 6 nitrogen and oxygen atoms in total. The second kappa shape index (κ2) is 10.6. The van der Waals surface area contributed by atoms with Crippen LogP contribution in [0.4, 0.5) is 5.69 Å². The number of sulfonamides is 1. The van der Waals surface area contributed by atoms with Crippen molar-refractivity contribution in [2.75, 3.05) is 24.0 Å². The van der Waals surface area contributed by atoms with Gasteiger partial charge in [0.15, 0.2) is 0 Å². The summed E-state index contributed by atoms with van der Waals surface area (Å²) < 4.78 is 34.0. The van der Waals surface area contributed by atoms with Crippen molar-refractivity contribution in [3.63, 3.8) is 0 Å². The first-order valence-corrected chi connectivity index (χ1v) is 12.8. The Bertz CT molecular complexity index is 1430. The van der Waals surface area contributed by atoms with E-state index in [1.165, 1.54) is 16.4 Å². The van der Waals surface area contributed by atoms with E-state index in [9.17, 15) is 13.2 Å². The number of anilines is 1. The Morgan fingerprint density at radius 2 is 1.60 bits per heavy atom. The molecule has 180 valence electrons. The van der Waals surface area contributed by atoms with Gasteiger partial charge in [-0.3, -0.25) is 9.10 Å². The lowest BCUT2D eigenvalue weighted by Crippen LogP contribution is -2.42. The number of rotatable bonds is 9. The van der Waals surface area contributed by atoms with E-state index in [0.717, 1.165) is 27.6 Å². The van der Waals surface area contributed by atoms with Crippen molar-refractivity contribution in [3.8, 4) is 5.75 Å². The Hall–Kier alpha value is -3.84. The molecule has 4 aromatic rings. The van der Waals surface area contributed by atoms with Crippen LogP contribution in [0.5, 0.6) is 5.75 Å². The first-order valence-electron chi connectivity index (χ1n) is 11.4. The highest BCUT2D eigenvalue weighted by molar-refractivity contribution is 7.92. The molecule has 4 aromatic carbocycles. The molecule has 4 rings (SSSR count). The third-order valence-corrected chi connectivity index (χ3v) is 7.46. The summed E-state index contributed by atoms with van der Waals surface area (Å²) in [4.78, 5) is 13.0. The lowest BCUT2D eigenvalue weighted by atomic mass is 10.1. The Balaban J connectivity index is 1.47. The second-order valence-electron chi connectivity index (χ2n) is 8.29. The molecular formula is C28H28N2O4S. The Labute approximate surface area is 206 Å². The molecule has 0 bridgehead atoms. The van der Waals surface area contributed by atoms with E-state index in [2.05, 4.69) is 5.32 Å². The zero-order chi connectivity index (χ0) is 24.8. The number of carbonyl (C=O) groups is 1. The Morgan fingerprint density at radius 3 is 2.40 bits per heavy atom. The second-order valence-corrected chi connectivity index (χ2v) is 10.2. The largest absolute Gasteiger partial charge is 0.491 e. The first kappa shape index (κ1) is 24.3. The monoisotopic (exact) mass is 488 g/mol. The molecule has 0 heterocycles. The smallest absolute Gasteiger partial charge is 0.264 e. The van der Waals surface area contributed by atoms with Gasteiger partial charge in [0.05, 0.1) is 17.1 Å². The highest BCUT2D eigenvalue weighted by atomic mass is 32.2. The minimum absolute atomic E-state index is 0.132. The van der Waals surface area contributed by atoms with Crippen molar-refractivity contribution in [1.29, 1.82) is 0 Å². The van der Waals surface area contributed by atoms with Crippen LogP contribution in [-0.4, -0.2) is 34.0 Å². The Kier molecular flexibility index (Phi) is 7.36. The molecule has 0 aromatic heterocycles. The van der Waals surface area contributed by atoms with E-state index in [-0.39, 0.29) is 24.6 Å². The SMILES string of the molecule is Cc1ccc(C)c(N(CC(=O)NCCOc2cccc3ccccc23)S(=O)(=O)c2ccccc2)c1. The number of benzene rings is 4. The van der Waals surface area contributed by atoms with E-state index in [1.807, 2.05) is 68.4 Å². The molecule has 0 fully saturated rings. The van der Waals surface area contributed by atoms with Crippen molar-refractivity contribution in [2.24, 2.45) is 0 Å². The van der Waals surface area contributed by atoms with Crippen molar-refractivity contribution in [1.82, 2.24) is 5.32 Å². The molecular weight excluding hydrogens is 460 g/mol. The Morgan fingerprint density at radius 1 is 0.886 bits per heavy atom. The number of nitrogens with zero attached hydrogens (tertiary/aromatic N) is 1. The molecule has 0 aliphatic heterocycles. The average Bonchev–Trinajstić information content (AvgIpc) is 2.87. The number of aryl methyl sites for hydroxylation is 2. The van der Waals surface area contributed by atoms with Crippen molar-refractivity contribution in [2.45, 2.75) is 18.7 Å². The zero-order valence-corrected chi connectivity index (χ0v) is 20.6. The van der Waals surface area contributed by atoms with Crippen LogP contribution in [0, 0.1) is 13.8 Å². The van der Waals surface area contributed by atoms with Gasteiger partial charge in [0, 0.05) is 5.39 Å². The number of fused-ring (bicyclic) bond motifs is 1. The number of carbonyl (C=O) groups excluding carboxylic acids is 1. The molecule has 0 aliphatic carbocycles. The minimum atomic E-state index is -3.95. The lowest BCUT2D eigenvalue weighted by molar-refractivity contribution is -0.119. The first-order chi connectivity index (χ1) is 16.9. The summed E-state index contributed by atoms with van der Waals surface area (Å²) in [6.45, 7) is 3.89. The van der Waals surface area contributed by atoms with Crippen LogP contribution >= 0.6 is 0 Å². The van der Waals surface area contributed by atoms with Crippen LogP contribution in [0.3, 0.4) is 0 Å². The maximum atomic E-state index is 13.5. The maximum Gasteiger partial charge on any atom is 0.264 e. The highest BCUT2D eigenvalue weighted by Gasteiger charge is 2.28. The number of hydrogen-bond acceptors (Lipinski definition) is 4. The predicted octanol–water partition coefficient (Wildman–Crippen LogP) is 4.85. The molecule has 7 heteroatoms. The van der Waals surface area contributed by atoms with Crippen LogP contribution < -0.4 is 14.4 Å². The fraction of sp³-hybridized carbons (Fsp3) is 0.179. The molecule has 0 radical (unpaired) electrons. The van der Waals surface area contributed by atoms with Gasteiger partial charge in [-0.1, -0.05) is 66.7 Å². The zero-order valence-electron chi connectivity index (χ0n) is 19.8. The van der Waals surface area contributed by atoms with E-state index >= 15 is 0 Å². The van der Waals surface area contributed by atoms with Crippen LogP contribution in [0.2, 0.25) is 0 Å².